The Bertz CT molecular complexity index is 820. The molecule has 1 unspecified atom stereocenters. The van der Waals surface area contributed by atoms with E-state index in [-0.39, 0.29) is 19.1 Å². The summed E-state index contributed by atoms with van der Waals surface area (Å²) in [5.74, 6) is 0.0521. The van der Waals surface area contributed by atoms with Crippen LogP contribution in [0, 0.1) is 0 Å². The van der Waals surface area contributed by atoms with Crippen molar-refractivity contribution < 1.29 is 24.2 Å². The van der Waals surface area contributed by atoms with Crippen LogP contribution in [0.2, 0.25) is 0 Å². The summed E-state index contributed by atoms with van der Waals surface area (Å²) in [5, 5.41) is 14.4. The largest absolute Gasteiger partial charge is 0.480 e. The molecule has 144 valence electrons. The number of aliphatic carboxylic acids is 1. The molecule has 0 fully saturated rings. The van der Waals surface area contributed by atoms with Crippen LogP contribution >= 0.6 is 11.3 Å². The Morgan fingerprint density at radius 3 is 2.89 bits per heavy atom. The summed E-state index contributed by atoms with van der Waals surface area (Å²) < 4.78 is 10.7. The summed E-state index contributed by atoms with van der Waals surface area (Å²) in [7, 11) is 0. The maximum atomic E-state index is 12.2. The second-order valence-electron chi connectivity index (χ2n) is 6.34. The van der Waals surface area contributed by atoms with Gasteiger partial charge in [-0.05, 0) is 24.6 Å². The van der Waals surface area contributed by atoms with Gasteiger partial charge in [-0.2, -0.15) is 0 Å². The molecule has 1 aliphatic heterocycles. The smallest absolute Gasteiger partial charge is 0.326 e. The Balaban J connectivity index is 1.59. The van der Waals surface area contributed by atoms with Gasteiger partial charge in [-0.1, -0.05) is 26.2 Å². The molecule has 1 aromatic heterocycles. The number of carbonyl (C=O) groups is 2. The molecule has 8 heteroatoms. The summed E-state index contributed by atoms with van der Waals surface area (Å²) in [6.07, 6.45) is 3.22. The van der Waals surface area contributed by atoms with Crippen LogP contribution in [0.4, 0.5) is 0 Å². The van der Waals surface area contributed by atoms with Crippen LogP contribution in [0.3, 0.4) is 0 Å². The second kappa shape index (κ2) is 8.85. The molecule has 1 amide bonds. The molecule has 0 radical (unpaired) electrons. The highest BCUT2D eigenvalue weighted by Crippen LogP contribution is 2.36. The van der Waals surface area contributed by atoms with Gasteiger partial charge in [0.2, 0.25) is 12.7 Å². The van der Waals surface area contributed by atoms with Crippen LogP contribution < -0.4 is 14.8 Å². The number of ether oxygens (including phenoxy) is 2. The lowest BCUT2D eigenvalue weighted by Gasteiger charge is -2.13. The Kier molecular flexibility index (Phi) is 6.28. The fourth-order valence-corrected chi connectivity index (χ4v) is 3.63. The molecule has 2 heterocycles. The number of amides is 1. The minimum Gasteiger partial charge on any atom is -0.480 e. The van der Waals surface area contributed by atoms with E-state index in [1.807, 2.05) is 30.5 Å². The van der Waals surface area contributed by atoms with Crippen molar-refractivity contribution in [2.24, 2.45) is 0 Å². The number of benzene rings is 1. The van der Waals surface area contributed by atoms with Gasteiger partial charge in [0, 0.05) is 10.9 Å². The van der Waals surface area contributed by atoms with Crippen LogP contribution in [0.5, 0.6) is 11.5 Å². The molecule has 2 aromatic rings. The highest BCUT2D eigenvalue weighted by molar-refractivity contribution is 7.13. The maximum Gasteiger partial charge on any atom is 0.326 e. The van der Waals surface area contributed by atoms with Crippen molar-refractivity contribution in [2.45, 2.75) is 45.1 Å². The average molecular weight is 390 g/mol. The van der Waals surface area contributed by atoms with E-state index >= 15 is 0 Å². The lowest BCUT2D eigenvalue weighted by Crippen LogP contribution is -2.41. The zero-order valence-electron chi connectivity index (χ0n) is 15.1. The standard InChI is InChI=1S/C19H22N2O5S/c1-2-3-4-5-14(19(23)24)21-17(22)9-13-10-27-18(20-13)12-6-7-15-16(8-12)26-11-25-15/h6-8,10,14H,2-5,9,11H2,1H3,(H,21,22)(H,23,24). The lowest BCUT2D eigenvalue weighted by molar-refractivity contribution is -0.142. The lowest BCUT2D eigenvalue weighted by atomic mass is 10.1. The number of nitrogens with one attached hydrogen (secondary N) is 1. The third-order valence-corrected chi connectivity index (χ3v) is 5.18. The number of hydrogen-bond acceptors (Lipinski definition) is 6. The number of unbranched alkanes of at least 4 members (excludes halogenated alkanes) is 2. The number of carboxylic acids is 1. The number of fused-ring (bicyclic) bond motifs is 1. The summed E-state index contributed by atoms with van der Waals surface area (Å²) in [5.41, 5.74) is 1.50. The van der Waals surface area contributed by atoms with E-state index in [0.717, 1.165) is 29.8 Å². The van der Waals surface area contributed by atoms with E-state index in [0.29, 0.717) is 23.6 Å². The average Bonchev–Trinajstić information content (AvgIpc) is 3.29. The Hall–Kier alpha value is -2.61. The van der Waals surface area contributed by atoms with Crippen molar-refractivity contribution in [3.63, 3.8) is 0 Å². The fraction of sp³-hybridized carbons (Fsp3) is 0.421. The molecule has 1 atom stereocenters. The van der Waals surface area contributed by atoms with Crippen LogP contribution in [-0.2, 0) is 16.0 Å². The van der Waals surface area contributed by atoms with Gasteiger partial charge in [0.15, 0.2) is 11.5 Å². The minimum atomic E-state index is -1.00. The summed E-state index contributed by atoms with van der Waals surface area (Å²) in [6.45, 7) is 2.26. The monoisotopic (exact) mass is 390 g/mol. The molecular formula is C19H22N2O5S. The first-order valence-corrected chi connectivity index (χ1v) is 9.81. The second-order valence-corrected chi connectivity index (χ2v) is 7.20. The van der Waals surface area contributed by atoms with E-state index in [9.17, 15) is 14.7 Å². The minimum absolute atomic E-state index is 0.0542. The SMILES string of the molecule is CCCCCC(NC(=O)Cc1csc(-c2ccc3c(c2)OCO3)n1)C(=O)O. The normalized spacial score (nSPS) is 13.4. The van der Waals surface area contributed by atoms with E-state index in [1.54, 1.807) is 0 Å². The van der Waals surface area contributed by atoms with Gasteiger partial charge in [-0.3, -0.25) is 4.79 Å². The molecule has 3 rings (SSSR count). The van der Waals surface area contributed by atoms with Crippen molar-refractivity contribution in [1.82, 2.24) is 10.3 Å². The Morgan fingerprint density at radius 2 is 2.11 bits per heavy atom. The van der Waals surface area contributed by atoms with Gasteiger partial charge in [-0.15, -0.1) is 11.3 Å². The van der Waals surface area contributed by atoms with Crippen LogP contribution in [0.25, 0.3) is 10.6 Å². The molecular weight excluding hydrogens is 368 g/mol. The maximum absolute atomic E-state index is 12.2. The molecule has 0 aliphatic carbocycles. The van der Waals surface area contributed by atoms with Crippen LogP contribution in [-0.4, -0.2) is 34.8 Å². The third-order valence-electron chi connectivity index (χ3n) is 4.24. The molecule has 0 saturated carbocycles. The Morgan fingerprint density at radius 1 is 1.30 bits per heavy atom. The number of aromatic nitrogens is 1. The topological polar surface area (TPSA) is 97.8 Å². The van der Waals surface area contributed by atoms with Crippen molar-refractivity contribution >= 4 is 23.2 Å². The van der Waals surface area contributed by atoms with Gasteiger partial charge < -0.3 is 19.9 Å². The van der Waals surface area contributed by atoms with E-state index in [1.165, 1.54) is 11.3 Å². The number of nitrogens with zero attached hydrogens (tertiary/aromatic N) is 1. The zero-order valence-corrected chi connectivity index (χ0v) is 15.9. The molecule has 0 bridgehead atoms. The highest BCUT2D eigenvalue weighted by Gasteiger charge is 2.20. The first-order valence-electron chi connectivity index (χ1n) is 8.93. The van der Waals surface area contributed by atoms with Gasteiger partial charge in [0.05, 0.1) is 12.1 Å². The molecule has 2 N–H and O–H groups in total. The molecule has 1 aromatic carbocycles. The summed E-state index contributed by atoms with van der Waals surface area (Å²) >= 11 is 1.43. The van der Waals surface area contributed by atoms with Gasteiger partial charge in [0.1, 0.15) is 11.0 Å². The number of hydrogen-bond donors (Lipinski definition) is 2. The predicted molar refractivity (Wildman–Crippen MR) is 101 cm³/mol. The predicted octanol–water partition coefficient (Wildman–Crippen LogP) is 3.23. The zero-order chi connectivity index (χ0) is 19.2. The number of carbonyl (C=O) groups excluding carboxylic acids is 1. The quantitative estimate of drug-likeness (QED) is 0.638. The molecule has 27 heavy (non-hydrogen) atoms. The fourth-order valence-electron chi connectivity index (χ4n) is 2.82. The van der Waals surface area contributed by atoms with Crippen molar-refractivity contribution in [3.05, 3.63) is 29.3 Å². The third kappa shape index (κ3) is 4.97. The number of carboxylic acid groups (broad SMARTS) is 1. The van der Waals surface area contributed by atoms with Crippen LogP contribution in [0.1, 0.15) is 38.3 Å². The molecule has 0 spiro atoms. The van der Waals surface area contributed by atoms with E-state index in [2.05, 4.69) is 10.3 Å². The molecule has 1 aliphatic rings. The number of rotatable bonds is 9. The van der Waals surface area contributed by atoms with Crippen molar-refractivity contribution in [3.8, 4) is 22.1 Å². The van der Waals surface area contributed by atoms with Crippen molar-refractivity contribution in [2.75, 3.05) is 6.79 Å². The van der Waals surface area contributed by atoms with E-state index in [4.69, 9.17) is 9.47 Å². The Labute approximate surface area is 161 Å². The molecule has 7 nitrogen and oxygen atoms in total. The first-order chi connectivity index (χ1) is 13.1. The van der Waals surface area contributed by atoms with E-state index < -0.39 is 12.0 Å². The van der Waals surface area contributed by atoms with Crippen molar-refractivity contribution in [1.29, 1.82) is 0 Å². The van der Waals surface area contributed by atoms with Gasteiger partial charge in [-0.25, -0.2) is 9.78 Å². The highest BCUT2D eigenvalue weighted by atomic mass is 32.1. The molecule has 0 saturated heterocycles. The number of thiazole rings is 1. The van der Waals surface area contributed by atoms with Gasteiger partial charge >= 0.3 is 5.97 Å². The van der Waals surface area contributed by atoms with Crippen LogP contribution in [0.15, 0.2) is 23.6 Å². The van der Waals surface area contributed by atoms with Gasteiger partial charge in [0.25, 0.3) is 0 Å². The first kappa shape index (κ1) is 19.2. The summed E-state index contributed by atoms with van der Waals surface area (Å²) in [4.78, 5) is 28.0. The summed E-state index contributed by atoms with van der Waals surface area (Å²) in [6, 6.07) is 4.74.